The van der Waals surface area contributed by atoms with Crippen LogP contribution in [0.4, 0.5) is 8.78 Å². The van der Waals surface area contributed by atoms with Gasteiger partial charge in [-0.05, 0) is 54.1 Å². The van der Waals surface area contributed by atoms with Crippen LogP contribution >= 0.6 is 35.0 Å². The quantitative estimate of drug-likeness (QED) is 0.169. The third kappa shape index (κ3) is 5.69. The first-order chi connectivity index (χ1) is 17.8. The van der Waals surface area contributed by atoms with E-state index in [0.29, 0.717) is 27.7 Å². The molecule has 12 heteroatoms. The summed E-state index contributed by atoms with van der Waals surface area (Å²) in [4.78, 5) is 3.94. The number of rotatable bonds is 8. The molecule has 200 valence electrons. The van der Waals surface area contributed by atoms with Gasteiger partial charge in [-0.3, -0.25) is 9.12 Å². The molecule has 0 bridgehead atoms. The van der Waals surface area contributed by atoms with Crippen LogP contribution in [-0.4, -0.2) is 29.6 Å². The summed E-state index contributed by atoms with van der Waals surface area (Å²) in [6.07, 6.45) is 1.69. The van der Waals surface area contributed by atoms with Crippen LogP contribution in [0.5, 0.6) is 5.75 Å². The summed E-state index contributed by atoms with van der Waals surface area (Å²) >= 11 is 13.5. The van der Waals surface area contributed by atoms with Crippen LogP contribution in [0, 0.1) is 11.6 Å². The van der Waals surface area contributed by atoms with Crippen LogP contribution in [-0.2, 0) is 21.3 Å². The van der Waals surface area contributed by atoms with E-state index >= 15 is 0 Å². The first kappa shape index (κ1) is 28.4. The molecule has 1 aromatic heterocycles. The Balaban J connectivity index is 1.78. The number of hydrogen-bond donors (Lipinski definition) is 1. The van der Waals surface area contributed by atoms with Crippen LogP contribution in [0.15, 0.2) is 70.8 Å². The van der Waals surface area contributed by atoms with Gasteiger partial charge in [0.05, 0.1) is 28.9 Å². The van der Waals surface area contributed by atoms with Crippen molar-refractivity contribution in [1.82, 2.24) is 9.55 Å². The number of hydrogen-bond acceptors (Lipinski definition) is 5. The maximum absolute atomic E-state index is 14.8. The third-order valence-electron chi connectivity index (χ3n) is 6.09. The average Bonchev–Trinajstić information content (AvgIpc) is 3.28. The Morgan fingerprint density at radius 3 is 2.34 bits per heavy atom. The van der Waals surface area contributed by atoms with Crippen molar-refractivity contribution >= 4 is 45.1 Å². The van der Waals surface area contributed by atoms with Crippen molar-refractivity contribution < 1.29 is 26.5 Å². The monoisotopic (exact) mass is 598 g/mol. The summed E-state index contributed by atoms with van der Waals surface area (Å²) in [5.41, 5.74) is 1.68. The highest BCUT2D eigenvalue weighted by Gasteiger charge is 2.30. The van der Waals surface area contributed by atoms with Crippen molar-refractivity contribution in [3.05, 3.63) is 99.3 Å². The molecule has 0 radical (unpaired) electrons. The second kappa shape index (κ2) is 10.9. The van der Waals surface area contributed by atoms with Crippen molar-refractivity contribution in [3.63, 3.8) is 0 Å². The molecule has 3 aromatic carbocycles. The minimum Gasteiger partial charge on any atom is -0.495 e. The molecule has 0 aliphatic heterocycles. The summed E-state index contributed by atoms with van der Waals surface area (Å²) in [6, 6.07) is 13.0. The summed E-state index contributed by atoms with van der Waals surface area (Å²) in [5.74, 6) is -0.771. The van der Waals surface area contributed by atoms with Crippen molar-refractivity contribution in [1.29, 1.82) is 0 Å². The Morgan fingerprint density at radius 2 is 1.74 bits per heavy atom. The standard InChI is InChI=1S/C26H22Cl2F2N2O4S2/c1-26(2,15-4-9-20(27)23(10-15)36-3)24-13-31-25(32(24)17-7-5-16(29)6-8-17)37-14-19-21(28)11-18(12-22(19)30)38(33,34)35/h4-13H,14H2,1-3H3,(H,33,34,35). The first-order valence-electron chi connectivity index (χ1n) is 11.1. The van der Waals surface area contributed by atoms with E-state index in [1.54, 1.807) is 24.4 Å². The zero-order chi connectivity index (χ0) is 27.8. The lowest BCUT2D eigenvalue weighted by atomic mass is 9.81. The molecule has 0 saturated carbocycles. The number of benzene rings is 3. The summed E-state index contributed by atoms with van der Waals surface area (Å²) < 4.78 is 67.8. The van der Waals surface area contributed by atoms with E-state index in [9.17, 15) is 21.8 Å². The fourth-order valence-electron chi connectivity index (χ4n) is 3.92. The molecule has 0 fully saturated rings. The van der Waals surface area contributed by atoms with Crippen LogP contribution in [0.2, 0.25) is 10.0 Å². The van der Waals surface area contributed by atoms with Gasteiger partial charge in [0.2, 0.25) is 0 Å². The van der Waals surface area contributed by atoms with Gasteiger partial charge in [-0.15, -0.1) is 0 Å². The smallest absolute Gasteiger partial charge is 0.294 e. The second-order valence-corrected chi connectivity index (χ2v) is 12.0. The number of thioether (sulfide) groups is 1. The third-order valence-corrected chi connectivity index (χ3v) is 8.55. The number of imidazole rings is 1. The summed E-state index contributed by atoms with van der Waals surface area (Å²) in [5, 5.41) is 0.781. The highest BCUT2D eigenvalue weighted by Crippen LogP contribution is 2.39. The van der Waals surface area contributed by atoms with Crippen LogP contribution in [0.1, 0.15) is 30.7 Å². The molecule has 4 aromatic rings. The van der Waals surface area contributed by atoms with E-state index in [4.69, 9.17) is 27.9 Å². The molecule has 0 aliphatic carbocycles. The Hall–Kier alpha value is -2.63. The van der Waals surface area contributed by atoms with Gasteiger partial charge in [-0.2, -0.15) is 8.42 Å². The van der Waals surface area contributed by atoms with Crippen LogP contribution in [0.25, 0.3) is 5.69 Å². The van der Waals surface area contributed by atoms with Crippen molar-refractivity contribution in [2.45, 2.75) is 35.1 Å². The average molecular weight is 600 g/mol. The number of methoxy groups -OCH3 is 1. The van der Waals surface area contributed by atoms with Crippen LogP contribution < -0.4 is 4.74 Å². The Bertz CT molecular complexity index is 1590. The maximum Gasteiger partial charge on any atom is 0.294 e. The fraction of sp³-hybridized carbons (Fsp3) is 0.192. The zero-order valence-electron chi connectivity index (χ0n) is 20.4. The lowest BCUT2D eigenvalue weighted by Crippen LogP contribution is -2.23. The fourth-order valence-corrected chi connectivity index (χ4v) is 6.08. The molecule has 6 nitrogen and oxygen atoms in total. The predicted molar refractivity (Wildman–Crippen MR) is 144 cm³/mol. The van der Waals surface area contributed by atoms with E-state index in [1.807, 2.05) is 30.5 Å². The topological polar surface area (TPSA) is 81.4 Å². The second-order valence-electron chi connectivity index (χ2n) is 8.84. The van der Waals surface area contributed by atoms with Gasteiger partial charge in [0.15, 0.2) is 5.16 Å². The molecule has 0 saturated heterocycles. The maximum atomic E-state index is 14.8. The highest BCUT2D eigenvalue weighted by molar-refractivity contribution is 7.98. The molecule has 0 unspecified atom stereocenters. The van der Waals surface area contributed by atoms with Gasteiger partial charge in [0.1, 0.15) is 17.4 Å². The lowest BCUT2D eigenvalue weighted by Gasteiger charge is -2.28. The Kier molecular flexibility index (Phi) is 8.11. The van der Waals surface area contributed by atoms with Gasteiger partial charge in [-0.25, -0.2) is 13.8 Å². The van der Waals surface area contributed by atoms with E-state index in [1.165, 1.54) is 19.2 Å². The molecular formula is C26H22Cl2F2N2O4S2. The SMILES string of the molecule is COc1cc(C(C)(C)c2cnc(SCc3c(F)cc(S(=O)(=O)O)cc3Cl)n2-c2ccc(F)cc2)ccc1Cl. The largest absolute Gasteiger partial charge is 0.495 e. The number of ether oxygens (including phenoxy) is 1. The number of halogens is 4. The normalized spacial score (nSPS) is 12.1. The Morgan fingerprint density at radius 1 is 1.05 bits per heavy atom. The van der Waals surface area contributed by atoms with Gasteiger partial charge in [0.25, 0.3) is 10.1 Å². The van der Waals surface area contributed by atoms with E-state index in [2.05, 4.69) is 4.98 Å². The Labute approximate surface area is 233 Å². The summed E-state index contributed by atoms with van der Waals surface area (Å²) in [7, 11) is -3.09. The van der Waals surface area contributed by atoms with Crippen molar-refractivity contribution in [2.24, 2.45) is 0 Å². The van der Waals surface area contributed by atoms with Gasteiger partial charge in [0, 0.05) is 27.4 Å². The highest BCUT2D eigenvalue weighted by atomic mass is 35.5. The van der Waals surface area contributed by atoms with Gasteiger partial charge >= 0.3 is 0 Å². The molecule has 4 rings (SSSR count). The van der Waals surface area contributed by atoms with Crippen molar-refractivity contribution in [2.75, 3.05) is 7.11 Å². The zero-order valence-corrected chi connectivity index (χ0v) is 23.5. The number of nitrogens with zero attached hydrogens (tertiary/aromatic N) is 2. The minimum absolute atomic E-state index is 0.00324. The van der Waals surface area contributed by atoms with E-state index < -0.39 is 32.1 Å². The molecule has 0 aliphatic rings. The minimum atomic E-state index is -4.62. The number of aromatic nitrogens is 2. The predicted octanol–water partition coefficient (Wildman–Crippen LogP) is 7.33. The van der Waals surface area contributed by atoms with E-state index in [-0.39, 0.29) is 16.3 Å². The molecule has 1 N–H and O–H groups in total. The van der Waals surface area contributed by atoms with Gasteiger partial charge in [-0.1, -0.05) is 54.9 Å². The van der Waals surface area contributed by atoms with Crippen LogP contribution in [0.3, 0.4) is 0 Å². The van der Waals surface area contributed by atoms with Crippen molar-refractivity contribution in [3.8, 4) is 11.4 Å². The molecule has 1 heterocycles. The summed E-state index contributed by atoms with van der Waals surface area (Å²) in [6.45, 7) is 3.98. The van der Waals surface area contributed by atoms with Gasteiger partial charge < -0.3 is 4.74 Å². The molecule has 0 atom stereocenters. The molecule has 38 heavy (non-hydrogen) atoms. The first-order valence-corrected chi connectivity index (χ1v) is 14.3. The lowest BCUT2D eigenvalue weighted by molar-refractivity contribution is 0.413. The molecule has 0 spiro atoms. The van der Waals surface area contributed by atoms with E-state index in [0.717, 1.165) is 29.1 Å². The molecule has 0 amide bonds. The molecular weight excluding hydrogens is 577 g/mol.